The minimum atomic E-state index is 0.782. The molecule has 0 bridgehead atoms. The fourth-order valence-corrected chi connectivity index (χ4v) is 1.46. The van der Waals surface area contributed by atoms with Crippen molar-refractivity contribution in [3.05, 3.63) is 41.4 Å². The van der Waals surface area contributed by atoms with Crippen LogP contribution in [0.4, 0.5) is 0 Å². The summed E-state index contributed by atoms with van der Waals surface area (Å²) in [6, 6.07) is 7.92. The van der Waals surface area contributed by atoms with Gasteiger partial charge in [-0.1, -0.05) is 18.5 Å². The van der Waals surface area contributed by atoms with Crippen LogP contribution in [0.5, 0.6) is 0 Å². The Labute approximate surface area is 76.4 Å². The van der Waals surface area contributed by atoms with Crippen molar-refractivity contribution in [2.24, 2.45) is 0 Å². The van der Waals surface area contributed by atoms with Crippen molar-refractivity contribution in [3.8, 4) is 0 Å². The summed E-state index contributed by atoms with van der Waals surface area (Å²) in [4.78, 5) is 3.26. The van der Waals surface area contributed by atoms with E-state index in [0.717, 1.165) is 21.6 Å². The second kappa shape index (κ2) is 2.83. The van der Waals surface area contributed by atoms with E-state index in [-0.39, 0.29) is 0 Å². The van der Waals surface area contributed by atoms with Crippen LogP contribution in [0.3, 0.4) is 0 Å². The van der Waals surface area contributed by atoms with Crippen LogP contribution >= 0.6 is 11.6 Å². The highest BCUT2D eigenvalue weighted by Crippen LogP contribution is 2.20. The maximum Gasteiger partial charge on any atom is 0.0457 e. The van der Waals surface area contributed by atoms with Crippen LogP contribution in [0.25, 0.3) is 10.9 Å². The predicted molar refractivity (Wildman–Crippen MR) is 52.4 cm³/mol. The highest BCUT2D eigenvalue weighted by atomic mass is 35.5. The van der Waals surface area contributed by atoms with Gasteiger partial charge in [0.15, 0.2) is 0 Å². The van der Waals surface area contributed by atoms with Crippen LogP contribution in [0.2, 0.25) is 5.02 Å². The Kier molecular flexibility index (Phi) is 1.81. The van der Waals surface area contributed by atoms with Crippen LogP contribution in [-0.2, 0) is 0 Å². The third kappa shape index (κ3) is 1.21. The van der Waals surface area contributed by atoms with Gasteiger partial charge in [0.1, 0.15) is 0 Å². The van der Waals surface area contributed by atoms with Gasteiger partial charge in [-0.25, -0.2) is 0 Å². The number of aromatic amines is 1. The van der Waals surface area contributed by atoms with Gasteiger partial charge in [0.25, 0.3) is 0 Å². The molecule has 1 aromatic heterocycles. The molecule has 0 fully saturated rings. The van der Waals surface area contributed by atoms with E-state index in [1.807, 2.05) is 31.5 Å². The molecule has 2 rings (SSSR count). The van der Waals surface area contributed by atoms with Crippen molar-refractivity contribution < 1.29 is 0 Å². The first-order valence-corrected chi connectivity index (χ1v) is 4.25. The summed E-state index contributed by atoms with van der Waals surface area (Å²) in [5.74, 6) is 0. The van der Waals surface area contributed by atoms with E-state index in [2.05, 4.69) is 11.1 Å². The summed E-state index contributed by atoms with van der Waals surface area (Å²) in [6.45, 7) is 2.01. The largest absolute Gasteiger partial charge is 0.358 e. The highest BCUT2D eigenvalue weighted by Gasteiger charge is 1.98. The van der Waals surface area contributed by atoms with Crippen molar-refractivity contribution >= 4 is 22.5 Å². The number of fused-ring (bicyclic) bond motifs is 1. The van der Waals surface area contributed by atoms with Crippen molar-refractivity contribution in [2.75, 3.05) is 0 Å². The molecule has 2 heteroatoms. The van der Waals surface area contributed by atoms with Gasteiger partial charge in [-0.2, -0.15) is 0 Å². The monoisotopic (exact) mass is 178 g/mol. The molecule has 1 N–H and O–H groups in total. The summed E-state index contributed by atoms with van der Waals surface area (Å²) in [5.41, 5.74) is 2.26. The van der Waals surface area contributed by atoms with Crippen LogP contribution in [-0.4, -0.2) is 4.98 Å². The van der Waals surface area contributed by atoms with Gasteiger partial charge >= 0.3 is 0 Å². The van der Waals surface area contributed by atoms with Gasteiger partial charge < -0.3 is 4.98 Å². The summed E-state index contributed by atoms with van der Waals surface area (Å²) in [6.07, 6.45) is 2.04. The number of H-pyrrole nitrogens is 1. The van der Waals surface area contributed by atoms with Gasteiger partial charge in [0.05, 0.1) is 0 Å². The van der Waals surface area contributed by atoms with E-state index in [9.17, 15) is 0 Å². The molecule has 0 aliphatic heterocycles. The number of halogens is 1. The molecular formula is C10H9ClN. The van der Waals surface area contributed by atoms with Gasteiger partial charge in [0, 0.05) is 28.0 Å². The van der Waals surface area contributed by atoms with E-state index in [4.69, 9.17) is 11.6 Å². The average Bonchev–Trinajstić information content (AvgIpc) is 2.46. The summed E-state index contributed by atoms with van der Waals surface area (Å²) in [5, 5.41) is 1.94. The lowest BCUT2D eigenvalue weighted by atomic mass is 10.2. The zero-order valence-corrected chi connectivity index (χ0v) is 7.52. The molecule has 0 unspecified atom stereocenters. The minimum Gasteiger partial charge on any atom is -0.358 e. The summed E-state index contributed by atoms with van der Waals surface area (Å²) >= 11 is 5.85. The predicted octanol–water partition coefficient (Wildman–Crippen LogP) is 3.39. The lowest BCUT2D eigenvalue weighted by molar-refractivity contribution is 1.29. The second-order valence-corrected chi connectivity index (χ2v) is 3.18. The van der Waals surface area contributed by atoms with E-state index >= 15 is 0 Å². The molecule has 0 aliphatic carbocycles. The quantitative estimate of drug-likeness (QED) is 0.689. The Hall–Kier alpha value is -0.950. The fraction of sp³-hybridized carbons (Fsp3) is 0.100. The van der Waals surface area contributed by atoms with Crippen LogP contribution in [0.15, 0.2) is 24.3 Å². The Morgan fingerprint density at radius 1 is 1.33 bits per heavy atom. The topological polar surface area (TPSA) is 15.8 Å². The van der Waals surface area contributed by atoms with Crippen molar-refractivity contribution in [1.29, 1.82) is 0 Å². The molecule has 1 nitrogen and oxygen atoms in total. The standard InChI is InChI=1S/C10H9ClN/c1-2-9-6-7-5-8(11)3-4-10(7)12-9/h2-6,12H,1H3. The summed E-state index contributed by atoms with van der Waals surface area (Å²) < 4.78 is 0. The molecule has 2 aromatic rings. The van der Waals surface area contributed by atoms with Gasteiger partial charge in [-0.3, -0.25) is 0 Å². The number of hydrogen-bond donors (Lipinski definition) is 1. The van der Waals surface area contributed by atoms with Crippen LogP contribution < -0.4 is 0 Å². The number of rotatable bonds is 1. The van der Waals surface area contributed by atoms with E-state index in [1.54, 1.807) is 0 Å². The molecule has 1 aromatic carbocycles. The van der Waals surface area contributed by atoms with Crippen molar-refractivity contribution in [1.82, 2.24) is 4.98 Å². The average molecular weight is 179 g/mol. The maximum absolute atomic E-state index is 5.85. The number of hydrogen-bond acceptors (Lipinski definition) is 0. The molecule has 12 heavy (non-hydrogen) atoms. The van der Waals surface area contributed by atoms with E-state index < -0.39 is 0 Å². The second-order valence-electron chi connectivity index (χ2n) is 2.74. The molecule has 0 saturated carbocycles. The van der Waals surface area contributed by atoms with Crippen LogP contribution in [0.1, 0.15) is 12.6 Å². The van der Waals surface area contributed by atoms with Crippen molar-refractivity contribution in [2.45, 2.75) is 6.92 Å². The molecule has 61 valence electrons. The molecule has 1 heterocycles. The molecule has 0 spiro atoms. The maximum atomic E-state index is 5.85. The molecule has 0 amide bonds. The first-order chi connectivity index (χ1) is 5.79. The van der Waals surface area contributed by atoms with Crippen LogP contribution in [0, 0.1) is 6.42 Å². The zero-order chi connectivity index (χ0) is 8.55. The first-order valence-electron chi connectivity index (χ1n) is 3.87. The van der Waals surface area contributed by atoms with E-state index in [0.29, 0.717) is 0 Å². The Morgan fingerprint density at radius 2 is 2.17 bits per heavy atom. The normalized spacial score (nSPS) is 10.8. The molecule has 0 aliphatic rings. The lowest BCUT2D eigenvalue weighted by Gasteiger charge is -1.88. The summed E-state index contributed by atoms with van der Waals surface area (Å²) in [7, 11) is 0. The SMILES string of the molecule is C[CH]c1cc2cc(Cl)ccc2[nH]1. The number of benzene rings is 1. The number of aromatic nitrogens is 1. The molecule has 1 radical (unpaired) electrons. The van der Waals surface area contributed by atoms with Gasteiger partial charge in [-0.05, 0) is 24.3 Å². The molecular weight excluding hydrogens is 170 g/mol. The highest BCUT2D eigenvalue weighted by molar-refractivity contribution is 6.31. The fourth-order valence-electron chi connectivity index (χ4n) is 1.28. The van der Waals surface area contributed by atoms with Gasteiger partial charge in [0.2, 0.25) is 0 Å². The Bertz CT molecular complexity index is 403. The first kappa shape index (κ1) is 7.69. The Balaban J connectivity index is 2.67. The molecule has 0 saturated heterocycles. The van der Waals surface area contributed by atoms with Gasteiger partial charge in [-0.15, -0.1) is 0 Å². The minimum absolute atomic E-state index is 0.782. The zero-order valence-electron chi connectivity index (χ0n) is 6.76. The lowest BCUT2D eigenvalue weighted by Crippen LogP contribution is -1.72. The Morgan fingerprint density at radius 3 is 2.92 bits per heavy atom. The molecule has 0 atom stereocenters. The third-order valence-corrected chi connectivity index (χ3v) is 2.15. The van der Waals surface area contributed by atoms with E-state index in [1.165, 1.54) is 0 Å². The number of nitrogens with one attached hydrogen (secondary N) is 1. The third-order valence-electron chi connectivity index (χ3n) is 1.91. The van der Waals surface area contributed by atoms with Crippen molar-refractivity contribution in [3.63, 3.8) is 0 Å². The smallest absolute Gasteiger partial charge is 0.0457 e.